The Morgan fingerprint density at radius 1 is 1.36 bits per heavy atom. The third-order valence-corrected chi connectivity index (χ3v) is 2.93. The fraction of sp³-hybridized carbons (Fsp3) is 1.00. The molecule has 0 aromatic carbocycles. The van der Waals surface area contributed by atoms with Gasteiger partial charge in [0.05, 0.1) is 0 Å². The van der Waals surface area contributed by atoms with Crippen LogP contribution in [0.15, 0.2) is 0 Å². The number of hydrogen-bond donors (Lipinski definition) is 1. The smallest absolute Gasteiger partial charge is 0.0462 e. The summed E-state index contributed by atoms with van der Waals surface area (Å²) in [6.07, 6.45) is 8.01. The molecule has 1 rings (SSSR count). The van der Waals surface area contributed by atoms with Crippen LogP contribution in [0, 0.1) is 5.92 Å². The van der Waals surface area contributed by atoms with Crippen LogP contribution in [0.4, 0.5) is 0 Å². The van der Waals surface area contributed by atoms with Gasteiger partial charge in [-0.05, 0) is 44.6 Å². The van der Waals surface area contributed by atoms with E-state index in [-0.39, 0.29) is 0 Å². The Morgan fingerprint density at radius 3 is 2.71 bits per heavy atom. The first-order valence-corrected chi connectivity index (χ1v) is 6.09. The van der Waals surface area contributed by atoms with Crippen molar-refractivity contribution in [1.29, 1.82) is 0 Å². The largest absolute Gasteiger partial charge is 0.385 e. The van der Waals surface area contributed by atoms with Crippen molar-refractivity contribution < 1.29 is 4.74 Å². The van der Waals surface area contributed by atoms with Crippen molar-refractivity contribution in [3.05, 3.63) is 0 Å². The van der Waals surface area contributed by atoms with Gasteiger partial charge in [-0.25, -0.2) is 0 Å². The molecule has 1 aliphatic rings. The van der Waals surface area contributed by atoms with Crippen molar-refractivity contribution in [2.24, 2.45) is 5.92 Å². The molecule has 0 bridgehead atoms. The SMILES string of the molecule is CCCC(CCCOC)CNC1CC1. The standard InChI is InChI=1S/C12H25NO/c1-3-5-11(6-4-9-14-2)10-13-12-7-8-12/h11-13H,3-10H2,1-2H3. The van der Waals surface area contributed by atoms with Gasteiger partial charge in [0.15, 0.2) is 0 Å². The lowest BCUT2D eigenvalue weighted by atomic mass is 9.98. The minimum atomic E-state index is 0.858. The number of ether oxygens (including phenoxy) is 1. The first-order valence-electron chi connectivity index (χ1n) is 6.09. The summed E-state index contributed by atoms with van der Waals surface area (Å²) in [6.45, 7) is 4.42. The monoisotopic (exact) mass is 199 g/mol. The second-order valence-electron chi connectivity index (χ2n) is 4.47. The van der Waals surface area contributed by atoms with Crippen LogP contribution in [0.2, 0.25) is 0 Å². The number of rotatable bonds is 9. The first kappa shape index (κ1) is 12.0. The minimum Gasteiger partial charge on any atom is -0.385 e. The van der Waals surface area contributed by atoms with Crippen molar-refractivity contribution in [2.45, 2.75) is 51.5 Å². The van der Waals surface area contributed by atoms with Gasteiger partial charge in [-0.1, -0.05) is 13.3 Å². The van der Waals surface area contributed by atoms with Gasteiger partial charge < -0.3 is 10.1 Å². The summed E-state index contributed by atoms with van der Waals surface area (Å²) in [5.74, 6) is 0.871. The summed E-state index contributed by atoms with van der Waals surface area (Å²) in [6, 6.07) is 0.858. The van der Waals surface area contributed by atoms with Gasteiger partial charge in [-0.3, -0.25) is 0 Å². The van der Waals surface area contributed by atoms with Crippen molar-refractivity contribution in [3.63, 3.8) is 0 Å². The zero-order valence-corrected chi connectivity index (χ0v) is 9.72. The molecule has 2 nitrogen and oxygen atoms in total. The lowest BCUT2D eigenvalue weighted by molar-refractivity contribution is 0.185. The average molecular weight is 199 g/mol. The Kier molecular flexibility index (Phi) is 6.20. The summed E-state index contributed by atoms with van der Waals surface area (Å²) in [4.78, 5) is 0. The van der Waals surface area contributed by atoms with Crippen molar-refractivity contribution in [3.8, 4) is 0 Å². The molecule has 0 aromatic rings. The molecule has 1 fully saturated rings. The van der Waals surface area contributed by atoms with E-state index < -0.39 is 0 Å². The molecule has 0 aromatic heterocycles. The molecule has 0 saturated heterocycles. The third kappa shape index (κ3) is 5.61. The molecule has 1 unspecified atom stereocenters. The normalized spacial score (nSPS) is 18.4. The van der Waals surface area contributed by atoms with Gasteiger partial charge in [-0.2, -0.15) is 0 Å². The fourth-order valence-electron chi connectivity index (χ4n) is 1.89. The summed E-state index contributed by atoms with van der Waals surface area (Å²) in [5, 5.41) is 3.63. The van der Waals surface area contributed by atoms with Gasteiger partial charge in [0.25, 0.3) is 0 Å². The third-order valence-electron chi connectivity index (χ3n) is 2.93. The molecule has 1 saturated carbocycles. The van der Waals surface area contributed by atoms with Crippen LogP contribution in [0.3, 0.4) is 0 Å². The average Bonchev–Trinajstić information content (AvgIpc) is 2.98. The van der Waals surface area contributed by atoms with E-state index in [0.29, 0.717) is 0 Å². The highest BCUT2D eigenvalue weighted by Crippen LogP contribution is 2.20. The lowest BCUT2D eigenvalue weighted by Crippen LogP contribution is -2.25. The number of methoxy groups -OCH3 is 1. The van der Waals surface area contributed by atoms with Crippen molar-refractivity contribution in [2.75, 3.05) is 20.3 Å². The zero-order chi connectivity index (χ0) is 10.2. The van der Waals surface area contributed by atoms with Crippen LogP contribution in [0.1, 0.15) is 45.4 Å². The van der Waals surface area contributed by atoms with E-state index in [4.69, 9.17) is 4.74 Å². The quantitative estimate of drug-likeness (QED) is 0.576. The molecule has 1 atom stereocenters. The van der Waals surface area contributed by atoms with Crippen molar-refractivity contribution in [1.82, 2.24) is 5.32 Å². The van der Waals surface area contributed by atoms with Crippen LogP contribution < -0.4 is 5.32 Å². The van der Waals surface area contributed by atoms with E-state index in [1.165, 1.54) is 45.1 Å². The summed E-state index contributed by atoms with van der Waals surface area (Å²) < 4.78 is 5.09. The topological polar surface area (TPSA) is 21.3 Å². The maximum Gasteiger partial charge on any atom is 0.0462 e. The highest BCUT2D eigenvalue weighted by Gasteiger charge is 2.21. The summed E-state index contributed by atoms with van der Waals surface area (Å²) in [5.41, 5.74) is 0. The molecule has 1 N–H and O–H groups in total. The first-order chi connectivity index (χ1) is 6.86. The highest BCUT2D eigenvalue weighted by molar-refractivity contribution is 4.81. The van der Waals surface area contributed by atoms with Crippen molar-refractivity contribution >= 4 is 0 Å². The van der Waals surface area contributed by atoms with Gasteiger partial charge in [-0.15, -0.1) is 0 Å². The number of nitrogens with one attached hydrogen (secondary N) is 1. The van der Waals surface area contributed by atoms with Gasteiger partial charge in [0, 0.05) is 19.8 Å². The maximum atomic E-state index is 5.09. The molecular weight excluding hydrogens is 174 g/mol. The molecule has 0 spiro atoms. The summed E-state index contributed by atoms with van der Waals surface area (Å²) in [7, 11) is 1.79. The van der Waals surface area contributed by atoms with E-state index in [0.717, 1.165) is 18.6 Å². The van der Waals surface area contributed by atoms with E-state index in [2.05, 4.69) is 12.2 Å². The summed E-state index contributed by atoms with van der Waals surface area (Å²) >= 11 is 0. The van der Waals surface area contributed by atoms with Crippen LogP contribution in [-0.2, 0) is 4.74 Å². The van der Waals surface area contributed by atoms with E-state index >= 15 is 0 Å². The van der Waals surface area contributed by atoms with Crippen LogP contribution in [0.25, 0.3) is 0 Å². The lowest BCUT2D eigenvalue weighted by Gasteiger charge is -2.16. The molecule has 0 aliphatic heterocycles. The van der Waals surface area contributed by atoms with Crippen LogP contribution in [-0.4, -0.2) is 26.3 Å². The van der Waals surface area contributed by atoms with E-state index in [9.17, 15) is 0 Å². The molecule has 84 valence electrons. The van der Waals surface area contributed by atoms with E-state index in [1.54, 1.807) is 7.11 Å². The molecule has 1 aliphatic carbocycles. The molecule has 14 heavy (non-hydrogen) atoms. The van der Waals surface area contributed by atoms with Gasteiger partial charge in [0.1, 0.15) is 0 Å². The maximum absolute atomic E-state index is 5.09. The Hall–Kier alpha value is -0.0800. The van der Waals surface area contributed by atoms with Crippen LogP contribution >= 0.6 is 0 Å². The minimum absolute atomic E-state index is 0.858. The Balaban J connectivity index is 2.02. The zero-order valence-electron chi connectivity index (χ0n) is 9.72. The molecule has 0 radical (unpaired) electrons. The second kappa shape index (κ2) is 7.24. The molecule has 0 amide bonds. The fourth-order valence-corrected chi connectivity index (χ4v) is 1.89. The Morgan fingerprint density at radius 2 is 2.14 bits per heavy atom. The number of hydrogen-bond acceptors (Lipinski definition) is 2. The van der Waals surface area contributed by atoms with Gasteiger partial charge >= 0.3 is 0 Å². The highest BCUT2D eigenvalue weighted by atomic mass is 16.5. The molecule has 2 heteroatoms. The van der Waals surface area contributed by atoms with E-state index in [1.807, 2.05) is 0 Å². The Labute approximate surface area is 88.4 Å². The van der Waals surface area contributed by atoms with Gasteiger partial charge in [0.2, 0.25) is 0 Å². The molecule has 0 heterocycles. The predicted molar refractivity (Wildman–Crippen MR) is 60.5 cm³/mol. The Bertz CT molecular complexity index is 134. The second-order valence-corrected chi connectivity index (χ2v) is 4.47. The van der Waals surface area contributed by atoms with Crippen LogP contribution in [0.5, 0.6) is 0 Å². The molecular formula is C12H25NO. The predicted octanol–water partition coefficient (Wildman–Crippen LogP) is 2.58.